The molecule has 2 rings (SSSR count). The van der Waals surface area contributed by atoms with E-state index in [9.17, 15) is 4.79 Å². The largest absolute Gasteiger partial charge is 0.309 e. The van der Waals surface area contributed by atoms with Gasteiger partial charge >= 0.3 is 0 Å². The summed E-state index contributed by atoms with van der Waals surface area (Å²) < 4.78 is 1.56. The zero-order chi connectivity index (χ0) is 10.1. The Morgan fingerprint density at radius 2 is 2.29 bits per heavy atom. The highest BCUT2D eigenvalue weighted by Gasteiger charge is 2.01. The van der Waals surface area contributed by atoms with Gasteiger partial charge in [0.1, 0.15) is 0 Å². The minimum Gasteiger partial charge on any atom is -0.309 e. The second-order valence-electron chi connectivity index (χ2n) is 2.88. The SMILES string of the molecule is Cn1c(=O)cnc2cc(SCl)ccc21. The lowest BCUT2D eigenvalue weighted by Gasteiger charge is -2.03. The summed E-state index contributed by atoms with van der Waals surface area (Å²) in [5, 5.41) is 0. The third-order valence-corrected chi connectivity index (χ3v) is 3.01. The van der Waals surface area contributed by atoms with E-state index < -0.39 is 0 Å². The van der Waals surface area contributed by atoms with Gasteiger partial charge in [0.05, 0.1) is 17.2 Å². The zero-order valence-electron chi connectivity index (χ0n) is 7.40. The van der Waals surface area contributed by atoms with Crippen LogP contribution in [-0.2, 0) is 7.05 Å². The number of aryl methyl sites for hydroxylation is 1. The van der Waals surface area contributed by atoms with Crippen molar-refractivity contribution in [2.45, 2.75) is 4.90 Å². The van der Waals surface area contributed by atoms with Crippen LogP contribution >= 0.6 is 21.7 Å². The van der Waals surface area contributed by atoms with Gasteiger partial charge in [0.15, 0.2) is 0 Å². The fraction of sp³-hybridized carbons (Fsp3) is 0.111. The quantitative estimate of drug-likeness (QED) is 0.748. The first-order valence-corrected chi connectivity index (χ1v) is 5.61. The molecule has 0 aliphatic heterocycles. The molecule has 0 aliphatic rings. The molecule has 0 N–H and O–H groups in total. The highest BCUT2D eigenvalue weighted by atomic mass is 35.7. The number of nitrogens with zero attached hydrogens (tertiary/aromatic N) is 2. The molecular weight excluding hydrogens is 220 g/mol. The molecule has 0 atom stereocenters. The molecule has 0 aliphatic carbocycles. The Hall–Kier alpha value is -1.00. The second-order valence-corrected chi connectivity index (χ2v) is 3.97. The van der Waals surface area contributed by atoms with Gasteiger partial charge in [-0.3, -0.25) is 4.79 Å². The predicted octanol–water partition coefficient (Wildman–Crippen LogP) is 2.18. The maximum Gasteiger partial charge on any atom is 0.269 e. The molecule has 5 heteroatoms. The Bertz CT molecular complexity index is 538. The van der Waals surface area contributed by atoms with Crippen LogP contribution in [0.1, 0.15) is 0 Å². The summed E-state index contributed by atoms with van der Waals surface area (Å²) in [6.07, 6.45) is 1.31. The average molecular weight is 227 g/mol. The lowest BCUT2D eigenvalue weighted by molar-refractivity contribution is 0.891. The maximum absolute atomic E-state index is 11.3. The number of halogens is 1. The van der Waals surface area contributed by atoms with Gasteiger partial charge in [-0.25, -0.2) is 4.98 Å². The number of rotatable bonds is 1. The van der Waals surface area contributed by atoms with E-state index in [0.29, 0.717) is 0 Å². The molecular formula is C9H7ClN2OS. The summed E-state index contributed by atoms with van der Waals surface area (Å²) in [6, 6.07) is 5.56. The minimum atomic E-state index is -0.108. The summed E-state index contributed by atoms with van der Waals surface area (Å²) in [4.78, 5) is 16.2. The van der Waals surface area contributed by atoms with E-state index in [1.807, 2.05) is 18.2 Å². The molecule has 0 bridgehead atoms. The summed E-state index contributed by atoms with van der Waals surface area (Å²) in [5.74, 6) is 0. The van der Waals surface area contributed by atoms with E-state index in [-0.39, 0.29) is 5.56 Å². The van der Waals surface area contributed by atoms with Crippen molar-refractivity contribution in [3.05, 3.63) is 34.7 Å². The van der Waals surface area contributed by atoms with E-state index >= 15 is 0 Å². The van der Waals surface area contributed by atoms with Crippen molar-refractivity contribution in [1.82, 2.24) is 9.55 Å². The normalized spacial score (nSPS) is 10.7. The Kier molecular flexibility index (Phi) is 2.48. The molecule has 0 radical (unpaired) electrons. The molecule has 1 aromatic heterocycles. The molecule has 2 aromatic rings. The Labute approximate surface area is 89.2 Å². The van der Waals surface area contributed by atoms with Crippen molar-refractivity contribution in [2.75, 3.05) is 0 Å². The number of hydrogen-bond acceptors (Lipinski definition) is 3. The van der Waals surface area contributed by atoms with Gasteiger partial charge in [-0.1, -0.05) is 0 Å². The topological polar surface area (TPSA) is 34.9 Å². The van der Waals surface area contributed by atoms with Crippen molar-refractivity contribution in [1.29, 1.82) is 0 Å². The van der Waals surface area contributed by atoms with Crippen LogP contribution in [0, 0.1) is 0 Å². The molecule has 0 saturated carbocycles. The molecule has 0 spiro atoms. The summed E-state index contributed by atoms with van der Waals surface area (Å²) in [5.41, 5.74) is 1.48. The van der Waals surface area contributed by atoms with Crippen LogP contribution in [0.4, 0.5) is 0 Å². The second kappa shape index (κ2) is 3.63. The summed E-state index contributed by atoms with van der Waals surface area (Å²) in [7, 11) is 8.48. The summed E-state index contributed by atoms with van der Waals surface area (Å²) >= 11 is 0. The van der Waals surface area contributed by atoms with Gasteiger partial charge in [0, 0.05) is 11.9 Å². The lowest BCUT2D eigenvalue weighted by atomic mass is 10.3. The molecule has 0 amide bonds. The van der Waals surface area contributed by atoms with Gasteiger partial charge in [-0.2, -0.15) is 0 Å². The molecule has 14 heavy (non-hydrogen) atoms. The van der Waals surface area contributed by atoms with Crippen LogP contribution in [0.2, 0.25) is 0 Å². The summed E-state index contributed by atoms with van der Waals surface area (Å²) in [6.45, 7) is 0. The van der Waals surface area contributed by atoms with Crippen LogP contribution in [0.25, 0.3) is 11.0 Å². The van der Waals surface area contributed by atoms with E-state index in [2.05, 4.69) is 4.98 Å². The number of benzene rings is 1. The molecule has 0 saturated heterocycles. The standard InChI is InChI=1S/C9H7ClN2OS/c1-12-8-3-2-6(14-10)4-7(8)11-5-9(12)13/h2-5H,1H3. The molecule has 0 fully saturated rings. The smallest absolute Gasteiger partial charge is 0.269 e. The van der Waals surface area contributed by atoms with Crippen LogP contribution in [0.15, 0.2) is 34.1 Å². The van der Waals surface area contributed by atoms with E-state index in [1.165, 1.54) is 6.20 Å². The first-order valence-electron chi connectivity index (χ1n) is 3.97. The van der Waals surface area contributed by atoms with Gasteiger partial charge < -0.3 is 4.57 Å². The van der Waals surface area contributed by atoms with E-state index in [0.717, 1.165) is 26.9 Å². The van der Waals surface area contributed by atoms with Crippen molar-refractivity contribution in [3.8, 4) is 0 Å². The number of fused-ring (bicyclic) bond motifs is 1. The molecule has 1 heterocycles. The highest BCUT2D eigenvalue weighted by Crippen LogP contribution is 2.24. The van der Waals surface area contributed by atoms with Crippen molar-refractivity contribution in [2.24, 2.45) is 7.05 Å². The van der Waals surface area contributed by atoms with Crippen LogP contribution in [0.5, 0.6) is 0 Å². The van der Waals surface area contributed by atoms with E-state index in [4.69, 9.17) is 10.7 Å². The molecule has 3 nitrogen and oxygen atoms in total. The fourth-order valence-corrected chi connectivity index (χ4v) is 1.83. The maximum atomic E-state index is 11.3. The van der Waals surface area contributed by atoms with Gasteiger partial charge in [-0.05, 0) is 39.9 Å². The number of aromatic nitrogens is 2. The minimum absolute atomic E-state index is 0.108. The zero-order valence-corrected chi connectivity index (χ0v) is 8.97. The Morgan fingerprint density at radius 3 is 3.00 bits per heavy atom. The van der Waals surface area contributed by atoms with Gasteiger partial charge in [-0.15, -0.1) is 0 Å². The lowest BCUT2D eigenvalue weighted by Crippen LogP contribution is -2.16. The van der Waals surface area contributed by atoms with Crippen molar-refractivity contribution >= 4 is 32.7 Å². The molecule has 72 valence electrons. The van der Waals surface area contributed by atoms with Gasteiger partial charge in [0.25, 0.3) is 5.56 Å². The first-order chi connectivity index (χ1) is 6.72. The van der Waals surface area contributed by atoms with Crippen LogP contribution in [0.3, 0.4) is 0 Å². The highest BCUT2D eigenvalue weighted by molar-refractivity contribution is 8.21. The third-order valence-electron chi connectivity index (χ3n) is 2.04. The van der Waals surface area contributed by atoms with Crippen LogP contribution in [-0.4, -0.2) is 9.55 Å². The van der Waals surface area contributed by atoms with Crippen molar-refractivity contribution in [3.63, 3.8) is 0 Å². The molecule has 0 unspecified atom stereocenters. The third kappa shape index (κ3) is 1.51. The predicted molar refractivity (Wildman–Crippen MR) is 58.7 cm³/mol. The average Bonchev–Trinajstić information content (AvgIpc) is 2.23. The monoisotopic (exact) mass is 226 g/mol. The Morgan fingerprint density at radius 1 is 1.50 bits per heavy atom. The Balaban J connectivity index is 2.81. The molecule has 1 aromatic carbocycles. The number of hydrogen-bond donors (Lipinski definition) is 0. The van der Waals surface area contributed by atoms with Gasteiger partial charge in [0.2, 0.25) is 0 Å². The fourth-order valence-electron chi connectivity index (χ4n) is 1.27. The first kappa shape index (κ1) is 9.55. The van der Waals surface area contributed by atoms with Crippen molar-refractivity contribution < 1.29 is 0 Å². The van der Waals surface area contributed by atoms with Crippen LogP contribution < -0.4 is 5.56 Å². The van der Waals surface area contributed by atoms with E-state index in [1.54, 1.807) is 11.6 Å².